The Labute approximate surface area is 98.7 Å². The van der Waals surface area contributed by atoms with Crippen LogP contribution in [0.5, 0.6) is 0 Å². The summed E-state index contributed by atoms with van der Waals surface area (Å²) in [7, 11) is 0. The van der Waals surface area contributed by atoms with Crippen molar-refractivity contribution in [3.63, 3.8) is 0 Å². The zero-order valence-electron chi connectivity index (χ0n) is 10.5. The van der Waals surface area contributed by atoms with Crippen LogP contribution in [0.15, 0.2) is 30.3 Å². The Morgan fingerprint density at radius 1 is 1.12 bits per heavy atom. The molecule has 0 bridgehead atoms. The third-order valence-corrected chi connectivity index (χ3v) is 2.76. The summed E-state index contributed by atoms with van der Waals surface area (Å²) in [5.74, 6) is 0.604. The second-order valence-electron chi connectivity index (χ2n) is 4.81. The molecule has 0 heterocycles. The average molecular weight is 221 g/mol. The van der Waals surface area contributed by atoms with Gasteiger partial charge in [0.2, 0.25) is 0 Å². The smallest absolute Gasteiger partial charge is 0.0584 e. The third-order valence-electron chi connectivity index (χ3n) is 2.76. The van der Waals surface area contributed by atoms with Gasteiger partial charge < -0.3 is 10.4 Å². The molecule has 0 aliphatic carbocycles. The van der Waals surface area contributed by atoms with E-state index in [0.717, 1.165) is 6.42 Å². The van der Waals surface area contributed by atoms with Crippen LogP contribution >= 0.6 is 0 Å². The van der Waals surface area contributed by atoms with E-state index in [4.69, 9.17) is 0 Å². The van der Waals surface area contributed by atoms with E-state index < -0.39 is 0 Å². The minimum Gasteiger partial charge on any atom is -0.395 e. The second kappa shape index (κ2) is 6.66. The van der Waals surface area contributed by atoms with Gasteiger partial charge in [0.25, 0.3) is 0 Å². The normalized spacial score (nSPS) is 15.1. The molecule has 16 heavy (non-hydrogen) atoms. The average Bonchev–Trinajstić information content (AvgIpc) is 2.28. The molecule has 2 heteroatoms. The molecule has 0 saturated carbocycles. The van der Waals surface area contributed by atoms with E-state index in [1.54, 1.807) is 0 Å². The number of benzene rings is 1. The molecule has 0 amide bonds. The van der Waals surface area contributed by atoms with Gasteiger partial charge in [-0.05, 0) is 24.8 Å². The molecule has 0 saturated heterocycles. The lowest BCUT2D eigenvalue weighted by Crippen LogP contribution is -2.35. The quantitative estimate of drug-likeness (QED) is 0.774. The van der Waals surface area contributed by atoms with Gasteiger partial charge in [-0.1, -0.05) is 44.2 Å². The predicted molar refractivity (Wildman–Crippen MR) is 68.3 cm³/mol. The topological polar surface area (TPSA) is 32.3 Å². The fourth-order valence-corrected chi connectivity index (χ4v) is 1.96. The molecule has 0 aliphatic heterocycles. The predicted octanol–water partition coefficient (Wildman–Crippen LogP) is 2.74. The molecular weight excluding hydrogens is 198 g/mol. The van der Waals surface area contributed by atoms with Crippen molar-refractivity contribution in [3.8, 4) is 0 Å². The lowest BCUT2D eigenvalue weighted by molar-refractivity contribution is 0.215. The summed E-state index contributed by atoms with van der Waals surface area (Å²) in [5.41, 5.74) is 1.27. The van der Waals surface area contributed by atoms with Crippen LogP contribution in [0, 0.1) is 5.92 Å². The Morgan fingerprint density at radius 3 is 2.25 bits per heavy atom. The molecular formula is C14H23NO. The highest BCUT2D eigenvalue weighted by molar-refractivity contribution is 5.18. The summed E-state index contributed by atoms with van der Waals surface area (Å²) in [5, 5.41) is 12.8. The van der Waals surface area contributed by atoms with Gasteiger partial charge in [0.15, 0.2) is 0 Å². The van der Waals surface area contributed by atoms with Crippen molar-refractivity contribution >= 4 is 0 Å². The molecule has 1 aromatic rings. The van der Waals surface area contributed by atoms with E-state index in [2.05, 4.69) is 38.2 Å². The molecule has 0 aliphatic rings. The molecule has 2 N–H and O–H groups in total. The highest BCUT2D eigenvalue weighted by Crippen LogP contribution is 2.14. The van der Waals surface area contributed by atoms with Gasteiger partial charge in [-0.15, -0.1) is 0 Å². The Balaban J connectivity index is 2.52. The number of rotatable bonds is 6. The molecule has 0 fully saturated rings. The molecule has 2 nitrogen and oxygen atoms in total. The van der Waals surface area contributed by atoms with Crippen LogP contribution in [0.25, 0.3) is 0 Å². The minimum atomic E-state index is 0.190. The largest absolute Gasteiger partial charge is 0.395 e. The van der Waals surface area contributed by atoms with Gasteiger partial charge in [-0.3, -0.25) is 0 Å². The monoisotopic (exact) mass is 221 g/mol. The number of nitrogens with one attached hydrogen (secondary N) is 1. The SMILES string of the molecule is CC(C)CC(CO)NC(C)c1ccccc1. The van der Waals surface area contributed by atoms with Crippen molar-refractivity contribution in [2.45, 2.75) is 39.3 Å². The molecule has 2 unspecified atom stereocenters. The summed E-state index contributed by atoms with van der Waals surface area (Å²) in [6.45, 7) is 6.70. The summed E-state index contributed by atoms with van der Waals surface area (Å²) < 4.78 is 0. The maximum absolute atomic E-state index is 9.31. The van der Waals surface area contributed by atoms with Gasteiger partial charge in [-0.25, -0.2) is 0 Å². The van der Waals surface area contributed by atoms with Gasteiger partial charge in [-0.2, -0.15) is 0 Å². The van der Waals surface area contributed by atoms with Gasteiger partial charge in [0, 0.05) is 12.1 Å². The van der Waals surface area contributed by atoms with Crippen LogP contribution < -0.4 is 5.32 Å². The van der Waals surface area contributed by atoms with Crippen LogP contribution in [-0.2, 0) is 0 Å². The maximum atomic E-state index is 9.31. The van der Waals surface area contributed by atoms with E-state index >= 15 is 0 Å². The van der Waals surface area contributed by atoms with Crippen molar-refractivity contribution in [2.75, 3.05) is 6.61 Å². The van der Waals surface area contributed by atoms with E-state index in [1.165, 1.54) is 5.56 Å². The standard InChI is InChI=1S/C14H23NO/c1-11(2)9-14(10-16)15-12(3)13-7-5-4-6-8-13/h4-8,11-12,14-16H,9-10H2,1-3H3. The van der Waals surface area contributed by atoms with E-state index in [-0.39, 0.29) is 18.7 Å². The molecule has 1 aromatic carbocycles. The van der Waals surface area contributed by atoms with Gasteiger partial charge >= 0.3 is 0 Å². The van der Waals surface area contributed by atoms with Crippen LogP contribution in [0.1, 0.15) is 38.8 Å². The molecule has 0 aromatic heterocycles. The highest BCUT2D eigenvalue weighted by atomic mass is 16.3. The van der Waals surface area contributed by atoms with E-state index in [0.29, 0.717) is 5.92 Å². The molecule has 1 rings (SSSR count). The van der Waals surface area contributed by atoms with Gasteiger partial charge in [0.05, 0.1) is 6.61 Å². The Morgan fingerprint density at radius 2 is 1.75 bits per heavy atom. The van der Waals surface area contributed by atoms with Crippen LogP contribution in [0.4, 0.5) is 0 Å². The summed E-state index contributed by atoms with van der Waals surface area (Å²) >= 11 is 0. The van der Waals surface area contributed by atoms with E-state index in [9.17, 15) is 5.11 Å². The third kappa shape index (κ3) is 4.33. The maximum Gasteiger partial charge on any atom is 0.0584 e. The van der Waals surface area contributed by atoms with Crippen molar-refractivity contribution < 1.29 is 5.11 Å². The zero-order chi connectivity index (χ0) is 12.0. The first-order valence-electron chi connectivity index (χ1n) is 6.05. The first kappa shape index (κ1) is 13.2. The Bertz CT molecular complexity index is 284. The lowest BCUT2D eigenvalue weighted by Gasteiger charge is -2.23. The Kier molecular flexibility index (Phi) is 5.50. The van der Waals surface area contributed by atoms with Crippen molar-refractivity contribution in [3.05, 3.63) is 35.9 Å². The number of hydrogen-bond donors (Lipinski definition) is 2. The van der Waals surface area contributed by atoms with Crippen molar-refractivity contribution in [1.82, 2.24) is 5.32 Å². The summed E-state index contributed by atoms with van der Waals surface area (Å²) in [6, 6.07) is 10.8. The van der Waals surface area contributed by atoms with Crippen LogP contribution in [0.3, 0.4) is 0 Å². The lowest BCUT2D eigenvalue weighted by atomic mass is 10.0. The fourth-order valence-electron chi connectivity index (χ4n) is 1.96. The molecule has 2 atom stereocenters. The highest BCUT2D eigenvalue weighted by Gasteiger charge is 2.13. The van der Waals surface area contributed by atoms with Crippen LogP contribution in [0.2, 0.25) is 0 Å². The molecule has 90 valence electrons. The second-order valence-corrected chi connectivity index (χ2v) is 4.81. The van der Waals surface area contributed by atoms with Gasteiger partial charge in [0.1, 0.15) is 0 Å². The van der Waals surface area contributed by atoms with E-state index in [1.807, 2.05) is 18.2 Å². The number of aliphatic hydroxyl groups excluding tert-OH is 1. The number of hydrogen-bond acceptors (Lipinski definition) is 2. The summed E-state index contributed by atoms with van der Waals surface area (Å²) in [6.07, 6.45) is 1.01. The first-order chi connectivity index (χ1) is 7.63. The van der Waals surface area contributed by atoms with Crippen LogP contribution in [-0.4, -0.2) is 17.8 Å². The Hall–Kier alpha value is -0.860. The minimum absolute atomic E-state index is 0.190. The molecule has 0 spiro atoms. The summed E-state index contributed by atoms with van der Waals surface area (Å²) in [4.78, 5) is 0. The zero-order valence-corrected chi connectivity index (χ0v) is 10.5. The van der Waals surface area contributed by atoms with Crippen molar-refractivity contribution in [1.29, 1.82) is 0 Å². The fraction of sp³-hybridized carbons (Fsp3) is 0.571. The first-order valence-corrected chi connectivity index (χ1v) is 6.05. The van der Waals surface area contributed by atoms with Crippen molar-refractivity contribution in [2.24, 2.45) is 5.92 Å². The molecule has 0 radical (unpaired) electrons. The number of aliphatic hydroxyl groups is 1.